The molecule has 3 rings (SSSR count). The molecule has 0 unspecified atom stereocenters. The van der Waals surface area contributed by atoms with Gasteiger partial charge in [-0.05, 0) is 36.8 Å². The molecule has 1 N–H and O–H groups in total. The minimum absolute atomic E-state index is 0.476. The molecule has 0 radical (unpaired) electrons. The fourth-order valence-electron chi connectivity index (χ4n) is 2.34. The maximum atomic E-state index is 11.2. The van der Waals surface area contributed by atoms with Crippen LogP contribution in [-0.4, -0.2) is 24.8 Å². The van der Waals surface area contributed by atoms with Crippen molar-refractivity contribution in [3.05, 3.63) is 65.5 Å². The Labute approximate surface area is 140 Å². The largest absolute Gasteiger partial charge is 0.339 e. The smallest absolute Gasteiger partial charge is 0.231 e. The van der Waals surface area contributed by atoms with Gasteiger partial charge in [0.05, 0.1) is 12.7 Å². The summed E-state index contributed by atoms with van der Waals surface area (Å²) in [7, 11) is -3.29. The van der Waals surface area contributed by atoms with Crippen LogP contribution in [0.5, 0.6) is 0 Å². The van der Waals surface area contributed by atoms with E-state index >= 15 is 0 Å². The molecule has 0 saturated carbocycles. The van der Waals surface area contributed by atoms with Gasteiger partial charge in [-0.2, -0.15) is 4.98 Å². The molecule has 1 heterocycles. The first-order valence-corrected chi connectivity index (χ1v) is 9.24. The van der Waals surface area contributed by atoms with Crippen molar-refractivity contribution in [2.75, 3.05) is 11.0 Å². The standard InChI is InChI=1S/C17H17N3O3S/c1-12-4-3-5-13(10-12)11-16-18-17(19-23-16)14-6-8-15(9-7-14)20-24(2,21)22/h3-10,20H,11H2,1-2H3. The highest BCUT2D eigenvalue weighted by Gasteiger charge is 2.10. The summed E-state index contributed by atoms with van der Waals surface area (Å²) in [5.41, 5.74) is 3.54. The summed E-state index contributed by atoms with van der Waals surface area (Å²) < 4.78 is 30.1. The fourth-order valence-corrected chi connectivity index (χ4v) is 2.91. The van der Waals surface area contributed by atoms with Gasteiger partial charge >= 0.3 is 0 Å². The zero-order valence-electron chi connectivity index (χ0n) is 13.4. The zero-order chi connectivity index (χ0) is 17.2. The highest BCUT2D eigenvalue weighted by atomic mass is 32.2. The van der Waals surface area contributed by atoms with Gasteiger partial charge in [-0.1, -0.05) is 35.0 Å². The molecule has 0 atom stereocenters. The number of benzene rings is 2. The molecular formula is C17H17N3O3S. The number of aryl methyl sites for hydroxylation is 1. The average molecular weight is 343 g/mol. The van der Waals surface area contributed by atoms with Crippen LogP contribution >= 0.6 is 0 Å². The van der Waals surface area contributed by atoms with E-state index in [-0.39, 0.29) is 0 Å². The Morgan fingerprint density at radius 1 is 1.12 bits per heavy atom. The summed E-state index contributed by atoms with van der Waals surface area (Å²) in [5, 5.41) is 3.98. The predicted molar refractivity (Wildman–Crippen MR) is 92.2 cm³/mol. The molecule has 0 fully saturated rings. The van der Waals surface area contributed by atoms with Gasteiger partial charge in [-0.3, -0.25) is 4.72 Å². The Morgan fingerprint density at radius 3 is 2.54 bits per heavy atom. The number of hydrogen-bond donors (Lipinski definition) is 1. The normalized spacial score (nSPS) is 11.4. The van der Waals surface area contributed by atoms with E-state index in [1.807, 2.05) is 25.1 Å². The van der Waals surface area contributed by atoms with Gasteiger partial charge in [0.15, 0.2) is 0 Å². The van der Waals surface area contributed by atoms with E-state index in [0.717, 1.165) is 17.4 Å². The van der Waals surface area contributed by atoms with Crippen molar-refractivity contribution in [3.63, 3.8) is 0 Å². The summed E-state index contributed by atoms with van der Waals surface area (Å²) >= 11 is 0. The fraction of sp³-hybridized carbons (Fsp3) is 0.176. The van der Waals surface area contributed by atoms with Gasteiger partial charge in [0.1, 0.15) is 0 Å². The van der Waals surface area contributed by atoms with Crippen molar-refractivity contribution >= 4 is 15.7 Å². The van der Waals surface area contributed by atoms with Gasteiger partial charge in [0.2, 0.25) is 21.7 Å². The van der Waals surface area contributed by atoms with Crippen LogP contribution in [0, 0.1) is 6.92 Å². The van der Waals surface area contributed by atoms with Gasteiger partial charge in [0.25, 0.3) is 0 Å². The maximum absolute atomic E-state index is 11.2. The van der Waals surface area contributed by atoms with Gasteiger partial charge in [-0.25, -0.2) is 8.42 Å². The molecule has 0 amide bonds. The molecule has 7 heteroatoms. The first kappa shape index (κ1) is 16.2. The van der Waals surface area contributed by atoms with E-state index in [2.05, 4.69) is 20.9 Å². The van der Waals surface area contributed by atoms with Crippen LogP contribution in [0.25, 0.3) is 11.4 Å². The SMILES string of the molecule is Cc1cccc(Cc2nc(-c3ccc(NS(C)(=O)=O)cc3)no2)c1. The minimum atomic E-state index is -3.29. The maximum Gasteiger partial charge on any atom is 0.231 e. The minimum Gasteiger partial charge on any atom is -0.339 e. The summed E-state index contributed by atoms with van der Waals surface area (Å²) in [6.07, 6.45) is 1.68. The molecule has 0 aliphatic heterocycles. The molecule has 0 aliphatic rings. The third-order valence-corrected chi connectivity index (χ3v) is 3.96. The van der Waals surface area contributed by atoms with Crippen molar-refractivity contribution in [2.45, 2.75) is 13.3 Å². The summed E-state index contributed by atoms with van der Waals surface area (Å²) in [6.45, 7) is 2.04. The number of hydrogen-bond acceptors (Lipinski definition) is 5. The van der Waals surface area contributed by atoms with Gasteiger partial charge in [-0.15, -0.1) is 0 Å². The number of aromatic nitrogens is 2. The molecule has 0 aliphatic carbocycles. The lowest BCUT2D eigenvalue weighted by Crippen LogP contribution is -2.09. The Balaban J connectivity index is 1.75. The van der Waals surface area contributed by atoms with Crippen LogP contribution < -0.4 is 4.72 Å². The Bertz CT molecular complexity index is 947. The summed E-state index contributed by atoms with van der Waals surface area (Å²) in [5.74, 6) is 1.01. The lowest BCUT2D eigenvalue weighted by atomic mass is 10.1. The molecule has 0 saturated heterocycles. The van der Waals surface area contributed by atoms with Crippen molar-refractivity contribution < 1.29 is 12.9 Å². The third-order valence-electron chi connectivity index (χ3n) is 3.35. The van der Waals surface area contributed by atoms with E-state index in [9.17, 15) is 8.42 Å². The number of nitrogens with zero attached hydrogens (tertiary/aromatic N) is 2. The lowest BCUT2D eigenvalue weighted by Gasteiger charge is -2.03. The van der Waals surface area contributed by atoms with Crippen LogP contribution in [0.4, 0.5) is 5.69 Å². The quantitative estimate of drug-likeness (QED) is 0.770. The van der Waals surface area contributed by atoms with Crippen molar-refractivity contribution in [2.24, 2.45) is 0 Å². The predicted octanol–water partition coefficient (Wildman–Crippen LogP) is 3.01. The van der Waals surface area contributed by atoms with E-state index < -0.39 is 10.0 Å². The van der Waals surface area contributed by atoms with E-state index in [0.29, 0.717) is 23.8 Å². The Morgan fingerprint density at radius 2 is 1.88 bits per heavy atom. The molecule has 124 valence electrons. The molecule has 0 spiro atoms. The average Bonchev–Trinajstić information content (AvgIpc) is 2.95. The zero-order valence-corrected chi connectivity index (χ0v) is 14.2. The third kappa shape index (κ3) is 4.20. The molecule has 6 nitrogen and oxygen atoms in total. The van der Waals surface area contributed by atoms with Crippen LogP contribution in [0.3, 0.4) is 0 Å². The summed E-state index contributed by atoms with van der Waals surface area (Å²) in [6, 6.07) is 14.9. The first-order chi connectivity index (χ1) is 11.4. The molecular weight excluding hydrogens is 326 g/mol. The van der Waals surface area contributed by atoms with Crippen LogP contribution in [0.15, 0.2) is 53.1 Å². The highest BCUT2D eigenvalue weighted by Crippen LogP contribution is 2.20. The van der Waals surface area contributed by atoms with Crippen molar-refractivity contribution in [1.82, 2.24) is 10.1 Å². The van der Waals surface area contributed by atoms with Crippen LogP contribution in [0.1, 0.15) is 17.0 Å². The molecule has 2 aromatic carbocycles. The van der Waals surface area contributed by atoms with E-state index in [1.165, 1.54) is 5.56 Å². The second-order valence-corrected chi connectivity index (χ2v) is 7.38. The van der Waals surface area contributed by atoms with Crippen LogP contribution in [-0.2, 0) is 16.4 Å². The monoisotopic (exact) mass is 343 g/mol. The van der Waals surface area contributed by atoms with Crippen molar-refractivity contribution in [1.29, 1.82) is 0 Å². The highest BCUT2D eigenvalue weighted by molar-refractivity contribution is 7.92. The van der Waals surface area contributed by atoms with E-state index in [1.54, 1.807) is 24.3 Å². The number of sulfonamides is 1. The summed E-state index contributed by atoms with van der Waals surface area (Å²) in [4.78, 5) is 4.39. The lowest BCUT2D eigenvalue weighted by molar-refractivity contribution is 0.385. The van der Waals surface area contributed by atoms with Crippen LogP contribution in [0.2, 0.25) is 0 Å². The van der Waals surface area contributed by atoms with E-state index in [4.69, 9.17) is 4.52 Å². The second kappa shape index (κ2) is 6.45. The second-order valence-electron chi connectivity index (χ2n) is 5.63. The molecule has 3 aromatic rings. The van der Waals surface area contributed by atoms with Crippen molar-refractivity contribution in [3.8, 4) is 11.4 Å². The first-order valence-electron chi connectivity index (χ1n) is 7.35. The Kier molecular flexibility index (Phi) is 4.35. The van der Waals surface area contributed by atoms with Gasteiger partial charge in [0, 0.05) is 11.3 Å². The molecule has 24 heavy (non-hydrogen) atoms. The Hall–Kier alpha value is -2.67. The topological polar surface area (TPSA) is 85.1 Å². The van der Waals surface area contributed by atoms with Gasteiger partial charge < -0.3 is 4.52 Å². The molecule has 1 aromatic heterocycles. The number of anilines is 1. The molecule has 0 bridgehead atoms. The number of rotatable bonds is 5. The number of nitrogens with one attached hydrogen (secondary N) is 1.